The predicted molar refractivity (Wildman–Crippen MR) is 57.4 cm³/mol. The number of aryl methyl sites for hydroxylation is 1. The average Bonchev–Trinajstić information content (AvgIpc) is 2.17. The van der Waals surface area contributed by atoms with E-state index < -0.39 is 0 Å². The number of fused-ring (bicyclic) bond motifs is 1. The molecule has 0 saturated carbocycles. The molecular weight excluding hydrogens is 174 g/mol. The van der Waals surface area contributed by atoms with Crippen molar-refractivity contribution in [2.45, 2.75) is 33.1 Å². The van der Waals surface area contributed by atoms with Crippen LogP contribution in [0.3, 0.4) is 0 Å². The van der Waals surface area contributed by atoms with E-state index in [4.69, 9.17) is 0 Å². The van der Waals surface area contributed by atoms with Crippen LogP contribution in [0.1, 0.15) is 31.5 Å². The zero-order valence-electron chi connectivity index (χ0n) is 8.88. The Morgan fingerprint density at radius 1 is 1.50 bits per heavy atom. The van der Waals surface area contributed by atoms with Crippen molar-refractivity contribution in [3.63, 3.8) is 0 Å². The molecule has 0 bridgehead atoms. The van der Waals surface area contributed by atoms with E-state index in [9.17, 15) is 0 Å². The molecule has 76 valence electrons. The molecule has 1 aliphatic rings. The normalized spacial score (nSPS) is 20.3. The highest BCUT2D eigenvalue weighted by atomic mass is 15.2. The second-order valence-corrected chi connectivity index (χ2v) is 4.08. The van der Waals surface area contributed by atoms with Crippen LogP contribution in [0.2, 0.25) is 0 Å². The van der Waals surface area contributed by atoms with Gasteiger partial charge in [-0.1, -0.05) is 6.92 Å². The van der Waals surface area contributed by atoms with E-state index in [1.165, 1.54) is 17.7 Å². The number of hydrogen-bond donors (Lipinski definition) is 1. The third-order valence-electron chi connectivity index (χ3n) is 2.76. The Morgan fingerprint density at radius 3 is 3.14 bits per heavy atom. The SMILES string of the molecule is CCNc1cc2c(nn1)CCC(C)C2. The van der Waals surface area contributed by atoms with Crippen molar-refractivity contribution >= 4 is 5.82 Å². The van der Waals surface area contributed by atoms with Crippen LogP contribution >= 0.6 is 0 Å². The largest absolute Gasteiger partial charge is 0.369 e. The molecule has 1 aliphatic carbocycles. The lowest BCUT2D eigenvalue weighted by molar-refractivity contribution is 0.490. The molecule has 3 nitrogen and oxygen atoms in total. The quantitative estimate of drug-likeness (QED) is 0.777. The molecule has 0 radical (unpaired) electrons. The van der Waals surface area contributed by atoms with Crippen LogP contribution < -0.4 is 5.32 Å². The molecule has 1 unspecified atom stereocenters. The summed E-state index contributed by atoms with van der Waals surface area (Å²) in [6.45, 7) is 5.28. The van der Waals surface area contributed by atoms with Gasteiger partial charge in [0, 0.05) is 6.54 Å². The Labute approximate surface area is 84.9 Å². The van der Waals surface area contributed by atoms with Gasteiger partial charge in [0.05, 0.1) is 5.69 Å². The number of aromatic nitrogens is 2. The molecule has 1 N–H and O–H groups in total. The Bertz CT molecular complexity index is 322. The molecule has 1 heterocycles. The summed E-state index contributed by atoms with van der Waals surface area (Å²) >= 11 is 0. The van der Waals surface area contributed by atoms with E-state index in [-0.39, 0.29) is 0 Å². The Hall–Kier alpha value is -1.12. The first-order valence-corrected chi connectivity index (χ1v) is 5.39. The molecule has 0 aromatic carbocycles. The summed E-state index contributed by atoms with van der Waals surface area (Å²) in [6.07, 6.45) is 3.50. The van der Waals surface area contributed by atoms with Crippen molar-refractivity contribution in [1.82, 2.24) is 10.2 Å². The highest BCUT2D eigenvalue weighted by Gasteiger charge is 2.16. The Kier molecular flexibility index (Phi) is 2.66. The van der Waals surface area contributed by atoms with Crippen LogP contribution in [-0.2, 0) is 12.8 Å². The first-order chi connectivity index (χ1) is 6.79. The summed E-state index contributed by atoms with van der Waals surface area (Å²) in [5, 5.41) is 11.6. The maximum absolute atomic E-state index is 4.26. The molecule has 2 rings (SSSR count). The highest BCUT2D eigenvalue weighted by Crippen LogP contribution is 2.24. The molecule has 0 fully saturated rings. The van der Waals surface area contributed by atoms with Crippen molar-refractivity contribution < 1.29 is 0 Å². The zero-order valence-corrected chi connectivity index (χ0v) is 8.88. The summed E-state index contributed by atoms with van der Waals surface area (Å²) < 4.78 is 0. The van der Waals surface area contributed by atoms with Crippen molar-refractivity contribution in [3.05, 3.63) is 17.3 Å². The lowest BCUT2D eigenvalue weighted by Crippen LogP contribution is -2.14. The van der Waals surface area contributed by atoms with Gasteiger partial charge >= 0.3 is 0 Å². The van der Waals surface area contributed by atoms with Crippen LogP contribution in [0.4, 0.5) is 5.82 Å². The molecule has 0 spiro atoms. The topological polar surface area (TPSA) is 37.8 Å². The van der Waals surface area contributed by atoms with Gasteiger partial charge in [-0.15, -0.1) is 5.10 Å². The van der Waals surface area contributed by atoms with Crippen LogP contribution in [0.15, 0.2) is 6.07 Å². The second kappa shape index (κ2) is 3.95. The third-order valence-corrected chi connectivity index (χ3v) is 2.76. The minimum atomic E-state index is 0.793. The fourth-order valence-corrected chi connectivity index (χ4v) is 1.97. The van der Waals surface area contributed by atoms with E-state index >= 15 is 0 Å². The number of hydrogen-bond acceptors (Lipinski definition) is 3. The minimum Gasteiger partial charge on any atom is -0.369 e. The average molecular weight is 191 g/mol. The summed E-state index contributed by atoms with van der Waals surface area (Å²) in [7, 11) is 0. The van der Waals surface area contributed by atoms with Crippen molar-refractivity contribution in [2.75, 3.05) is 11.9 Å². The first-order valence-electron chi connectivity index (χ1n) is 5.39. The van der Waals surface area contributed by atoms with Gasteiger partial charge in [-0.05, 0) is 43.7 Å². The van der Waals surface area contributed by atoms with E-state index in [1.54, 1.807) is 0 Å². The van der Waals surface area contributed by atoms with E-state index in [2.05, 4.69) is 35.4 Å². The van der Waals surface area contributed by atoms with E-state index in [0.29, 0.717) is 0 Å². The van der Waals surface area contributed by atoms with Crippen LogP contribution in [0.5, 0.6) is 0 Å². The van der Waals surface area contributed by atoms with Gasteiger partial charge in [0.15, 0.2) is 0 Å². The lowest BCUT2D eigenvalue weighted by Gasteiger charge is -2.20. The van der Waals surface area contributed by atoms with Gasteiger partial charge in [0.1, 0.15) is 5.82 Å². The lowest BCUT2D eigenvalue weighted by atomic mass is 9.88. The van der Waals surface area contributed by atoms with Crippen molar-refractivity contribution in [3.8, 4) is 0 Å². The van der Waals surface area contributed by atoms with Gasteiger partial charge < -0.3 is 5.32 Å². The molecule has 1 atom stereocenters. The molecule has 0 aliphatic heterocycles. The van der Waals surface area contributed by atoms with E-state index in [1.807, 2.05) is 0 Å². The molecule has 0 saturated heterocycles. The van der Waals surface area contributed by atoms with Gasteiger partial charge in [-0.3, -0.25) is 0 Å². The number of rotatable bonds is 2. The zero-order chi connectivity index (χ0) is 9.97. The predicted octanol–water partition coefficient (Wildman–Crippen LogP) is 2.03. The third kappa shape index (κ3) is 1.86. The monoisotopic (exact) mass is 191 g/mol. The highest BCUT2D eigenvalue weighted by molar-refractivity contribution is 5.39. The molecular formula is C11H17N3. The standard InChI is InChI=1S/C11H17N3/c1-3-12-11-7-9-6-8(2)4-5-10(9)13-14-11/h7-8H,3-6H2,1-2H3,(H,12,14). The number of nitrogens with zero attached hydrogens (tertiary/aromatic N) is 2. The van der Waals surface area contributed by atoms with Crippen LogP contribution in [0.25, 0.3) is 0 Å². The summed E-state index contributed by atoms with van der Waals surface area (Å²) in [5.74, 6) is 1.71. The molecule has 1 aromatic heterocycles. The van der Waals surface area contributed by atoms with Crippen molar-refractivity contribution in [2.24, 2.45) is 5.92 Å². The second-order valence-electron chi connectivity index (χ2n) is 4.08. The first kappa shape index (κ1) is 9.44. The fourth-order valence-electron chi connectivity index (χ4n) is 1.97. The molecule has 14 heavy (non-hydrogen) atoms. The van der Waals surface area contributed by atoms with Gasteiger partial charge in [-0.2, -0.15) is 5.10 Å². The van der Waals surface area contributed by atoms with Crippen LogP contribution in [0, 0.1) is 5.92 Å². The number of nitrogens with one attached hydrogen (secondary N) is 1. The fraction of sp³-hybridized carbons (Fsp3) is 0.636. The summed E-state index contributed by atoms with van der Waals surface area (Å²) in [5.41, 5.74) is 2.58. The maximum Gasteiger partial charge on any atom is 0.148 e. The number of anilines is 1. The van der Waals surface area contributed by atoms with Gasteiger partial charge in [-0.25, -0.2) is 0 Å². The summed E-state index contributed by atoms with van der Waals surface area (Å²) in [6, 6.07) is 2.15. The van der Waals surface area contributed by atoms with Gasteiger partial charge in [0.2, 0.25) is 0 Å². The van der Waals surface area contributed by atoms with Gasteiger partial charge in [0.25, 0.3) is 0 Å². The van der Waals surface area contributed by atoms with Crippen molar-refractivity contribution in [1.29, 1.82) is 0 Å². The molecule has 0 amide bonds. The molecule has 3 heteroatoms. The van der Waals surface area contributed by atoms with E-state index in [0.717, 1.165) is 31.1 Å². The van der Waals surface area contributed by atoms with Crippen LogP contribution in [-0.4, -0.2) is 16.7 Å². The maximum atomic E-state index is 4.26. The Balaban J connectivity index is 2.24. The Morgan fingerprint density at radius 2 is 2.36 bits per heavy atom. The smallest absolute Gasteiger partial charge is 0.148 e. The molecule has 1 aromatic rings. The summed E-state index contributed by atoms with van der Waals surface area (Å²) in [4.78, 5) is 0. The minimum absolute atomic E-state index is 0.793.